The van der Waals surface area contributed by atoms with Crippen LogP contribution in [0.4, 0.5) is 22.4 Å². The fourth-order valence-corrected chi connectivity index (χ4v) is 0.825. The number of carbonyl (C=O) groups is 2. The van der Waals surface area contributed by atoms with Crippen LogP contribution >= 0.6 is 0 Å². The van der Waals surface area contributed by atoms with Crippen molar-refractivity contribution in [3.05, 3.63) is 0 Å². The number of carbonyl (C=O) groups excluding carboxylic acids is 2. The van der Waals surface area contributed by atoms with Crippen molar-refractivity contribution < 1.29 is 36.7 Å². The lowest BCUT2D eigenvalue weighted by Gasteiger charge is -2.15. The number of rotatable bonds is 7. The molecule has 118 valence electrons. The van der Waals surface area contributed by atoms with E-state index in [-0.39, 0.29) is 0 Å². The molecule has 0 spiro atoms. The summed E-state index contributed by atoms with van der Waals surface area (Å²) >= 11 is 0. The molecular formula is C9H10F4N4O4. The number of ether oxygens (including phenoxy) is 1. The molecule has 0 heterocycles. The van der Waals surface area contributed by atoms with E-state index in [0.29, 0.717) is 0 Å². The van der Waals surface area contributed by atoms with Gasteiger partial charge < -0.3 is 14.9 Å². The van der Waals surface area contributed by atoms with Gasteiger partial charge in [0.1, 0.15) is 13.2 Å². The van der Waals surface area contributed by atoms with Crippen molar-refractivity contribution in [1.82, 2.24) is 10.6 Å². The van der Waals surface area contributed by atoms with Crippen molar-refractivity contribution in [3.8, 4) is 6.07 Å². The summed E-state index contributed by atoms with van der Waals surface area (Å²) < 4.78 is 51.5. The van der Waals surface area contributed by atoms with Crippen molar-refractivity contribution in [2.75, 3.05) is 20.3 Å². The van der Waals surface area contributed by atoms with E-state index in [4.69, 9.17) is 5.26 Å². The Balaban J connectivity index is 4.11. The van der Waals surface area contributed by atoms with Crippen LogP contribution in [0.25, 0.3) is 0 Å². The predicted molar refractivity (Wildman–Crippen MR) is 58.5 cm³/mol. The van der Waals surface area contributed by atoms with E-state index in [1.165, 1.54) is 6.07 Å². The van der Waals surface area contributed by atoms with Gasteiger partial charge in [-0.05, 0) is 0 Å². The Morgan fingerprint density at radius 2 is 2.05 bits per heavy atom. The molecule has 2 N–H and O–H groups in total. The minimum Gasteiger partial charge on any atom is -0.398 e. The normalized spacial score (nSPS) is 11.8. The number of oxime groups is 1. The molecular weight excluding hydrogens is 304 g/mol. The lowest BCUT2D eigenvalue weighted by atomic mass is 10.4. The zero-order valence-corrected chi connectivity index (χ0v) is 10.5. The number of hydrogen-bond acceptors (Lipinski definition) is 6. The summed E-state index contributed by atoms with van der Waals surface area (Å²) in [6.07, 6.45) is -8.64. The van der Waals surface area contributed by atoms with Gasteiger partial charge in [0.25, 0.3) is 5.91 Å². The molecule has 0 unspecified atom stereocenters. The zero-order chi connectivity index (χ0) is 16.5. The van der Waals surface area contributed by atoms with Crippen LogP contribution in [0.3, 0.4) is 0 Å². The summed E-state index contributed by atoms with van der Waals surface area (Å²) in [4.78, 5) is 26.5. The van der Waals surface area contributed by atoms with E-state index >= 15 is 0 Å². The van der Waals surface area contributed by atoms with Gasteiger partial charge in [0, 0.05) is 6.54 Å². The number of nitrogens with zero attached hydrogens (tertiary/aromatic N) is 2. The summed E-state index contributed by atoms with van der Waals surface area (Å²) in [5.41, 5.74) is -0.756. The third kappa shape index (κ3) is 7.06. The third-order valence-corrected chi connectivity index (χ3v) is 1.67. The van der Waals surface area contributed by atoms with Crippen LogP contribution < -0.4 is 10.6 Å². The summed E-state index contributed by atoms with van der Waals surface area (Å²) in [5.74, 6) is -1.20. The molecule has 0 aliphatic heterocycles. The molecule has 0 saturated heterocycles. The number of hydrogen-bond donors (Lipinski definition) is 2. The second-order valence-electron chi connectivity index (χ2n) is 3.16. The second-order valence-corrected chi connectivity index (χ2v) is 3.16. The average molecular weight is 314 g/mol. The fourth-order valence-electron chi connectivity index (χ4n) is 0.825. The monoisotopic (exact) mass is 314 g/mol. The molecule has 0 saturated carbocycles. The summed E-state index contributed by atoms with van der Waals surface area (Å²) in [7, 11) is 1.06. The molecule has 0 aromatic carbocycles. The molecule has 0 fully saturated rings. The number of nitrogens with one attached hydrogen (secondary N) is 2. The summed E-state index contributed by atoms with van der Waals surface area (Å²) in [6, 6.07) is 0.170. The Bertz CT molecular complexity index is 450. The number of urea groups is 1. The lowest BCUT2D eigenvalue weighted by Crippen LogP contribution is -2.44. The maximum atomic E-state index is 12.3. The highest BCUT2D eigenvalue weighted by Crippen LogP contribution is 2.23. The number of nitriles is 1. The Morgan fingerprint density at radius 3 is 2.52 bits per heavy atom. The fraction of sp³-hybridized carbons (Fsp3) is 0.556. The highest BCUT2D eigenvalue weighted by atomic mass is 19.3. The first kappa shape index (κ1) is 18.6. The standard InChI is InChI=1S/C9H10F4N4O4/c1-20-17-5(4-14)6(18)16-8(19)15-2-3-21-9(12,13)7(10)11/h7H,2-3H2,1H3,(H2,15,16,18,19)/b17-5+. The van der Waals surface area contributed by atoms with Crippen molar-refractivity contribution >= 4 is 17.6 Å². The first-order valence-electron chi connectivity index (χ1n) is 5.15. The Kier molecular flexibility index (Phi) is 7.69. The summed E-state index contributed by atoms with van der Waals surface area (Å²) in [5, 5.41) is 15.0. The van der Waals surface area contributed by atoms with Gasteiger partial charge in [0.2, 0.25) is 5.71 Å². The van der Waals surface area contributed by atoms with Gasteiger partial charge in [0.05, 0.1) is 6.61 Å². The molecule has 0 aliphatic rings. The van der Waals surface area contributed by atoms with Crippen LogP contribution in [-0.4, -0.2) is 50.4 Å². The number of imide groups is 1. The van der Waals surface area contributed by atoms with Gasteiger partial charge in [-0.15, -0.1) is 0 Å². The van der Waals surface area contributed by atoms with Crippen molar-refractivity contribution in [1.29, 1.82) is 5.26 Å². The van der Waals surface area contributed by atoms with E-state index in [2.05, 4.69) is 14.7 Å². The van der Waals surface area contributed by atoms with E-state index in [0.717, 1.165) is 7.11 Å². The average Bonchev–Trinajstić information content (AvgIpc) is 2.40. The molecule has 0 bridgehead atoms. The van der Waals surface area contributed by atoms with Crippen LogP contribution in [0, 0.1) is 11.3 Å². The highest BCUT2D eigenvalue weighted by molar-refractivity contribution is 6.46. The van der Waals surface area contributed by atoms with Gasteiger partial charge in [-0.1, -0.05) is 5.16 Å². The molecule has 0 aromatic rings. The maximum absolute atomic E-state index is 12.3. The van der Waals surface area contributed by atoms with Gasteiger partial charge in [-0.25, -0.2) is 13.6 Å². The summed E-state index contributed by atoms with van der Waals surface area (Å²) in [6.45, 7) is -1.50. The second kappa shape index (κ2) is 8.69. The Morgan fingerprint density at radius 1 is 1.43 bits per heavy atom. The van der Waals surface area contributed by atoms with Gasteiger partial charge in [0.15, 0.2) is 0 Å². The molecule has 3 amide bonds. The molecule has 12 heteroatoms. The van der Waals surface area contributed by atoms with Crippen molar-refractivity contribution in [3.63, 3.8) is 0 Å². The zero-order valence-electron chi connectivity index (χ0n) is 10.5. The minimum atomic E-state index is -4.63. The molecule has 0 atom stereocenters. The van der Waals surface area contributed by atoms with Crippen molar-refractivity contribution in [2.24, 2.45) is 5.16 Å². The van der Waals surface area contributed by atoms with Crippen LogP contribution in [-0.2, 0) is 14.4 Å². The van der Waals surface area contributed by atoms with E-state index in [1.54, 1.807) is 5.32 Å². The first-order valence-corrected chi connectivity index (χ1v) is 5.15. The topological polar surface area (TPSA) is 113 Å². The quantitative estimate of drug-likeness (QED) is 0.302. The number of amides is 3. The van der Waals surface area contributed by atoms with E-state index in [1.807, 2.05) is 5.32 Å². The highest BCUT2D eigenvalue weighted by Gasteiger charge is 2.42. The van der Waals surface area contributed by atoms with Crippen LogP contribution in [0.2, 0.25) is 0 Å². The minimum absolute atomic E-state index is 0.579. The molecule has 8 nitrogen and oxygen atoms in total. The SMILES string of the molecule is CO/N=C(\C#N)C(=O)NC(=O)NCCOC(F)(F)C(F)F. The largest absolute Gasteiger partial charge is 0.416 e. The molecule has 0 aromatic heterocycles. The first-order chi connectivity index (χ1) is 9.74. The Hall–Kier alpha value is -2.42. The predicted octanol–water partition coefficient (Wildman–Crippen LogP) is 0.213. The van der Waals surface area contributed by atoms with Crippen LogP contribution in [0.15, 0.2) is 5.16 Å². The van der Waals surface area contributed by atoms with Gasteiger partial charge in [-0.2, -0.15) is 14.0 Å². The lowest BCUT2D eigenvalue weighted by molar-refractivity contribution is -0.299. The van der Waals surface area contributed by atoms with Crippen molar-refractivity contribution in [2.45, 2.75) is 12.5 Å². The maximum Gasteiger partial charge on any atom is 0.416 e. The smallest absolute Gasteiger partial charge is 0.398 e. The van der Waals surface area contributed by atoms with Crippen LogP contribution in [0.1, 0.15) is 0 Å². The molecule has 0 aliphatic carbocycles. The third-order valence-electron chi connectivity index (χ3n) is 1.67. The molecule has 0 rings (SSSR count). The Labute approximate surface area is 115 Å². The van der Waals surface area contributed by atoms with Gasteiger partial charge >= 0.3 is 18.6 Å². The number of halogens is 4. The van der Waals surface area contributed by atoms with Crippen LogP contribution in [0.5, 0.6) is 0 Å². The molecule has 0 radical (unpaired) electrons. The van der Waals surface area contributed by atoms with E-state index in [9.17, 15) is 27.2 Å². The van der Waals surface area contributed by atoms with Gasteiger partial charge in [-0.3, -0.25) is 10.1 Å². The van der Waals surface area contributed by atoms with E-state index < -0.39 is 43.3 Å². The molecule has 21 heavy (non-hydrogen) atoms. The number of alkyl halides is 4.